The van der Waals surface area contributed by atoms with Crippen LogP contribution >= 0.6 is 0 Å². The Kier molecular flexibility index (Phi) is 7.33. The van der Waals surface area contributed by atoms with Gasteiger partial charge in [0, 0.05) is 17.8 Å². The highest BCUT2D eigenvalue weighted by molar-refractivity contribution is 5.68. The van der Waals surface area contributed by atoms with Crippen LogP contribution in [0.15, 0.2) is 49.2 Å². The lowest BCUT2D eigenvalue weighted by Crippen LogP contribution is -2.42. The van der Waals surface area contributed by atoms with Gasteiger partial charge in [-0.3, -0.25) is 0 Å². The molecule has 1 aliphatic carbocycles. The number of para-hydroxylation sites is 1. The minimum absolute atomic E-state index is 0.0659. The minimum Gasteiger partial charge on any atom is -0.487 e. The number of ether oxygens (including phenoxy) is 2. The fourth-order valence-electron chi connectivity index (χ4n) is 4.34. The largest absolute Gasteiger partial charge is 0.487 e. The number of rotatable bonds is 6. The van der Waals surface area contributed by atoms with Gasteiger partial charge < -0.3 is 14.8 Å². The van der Waals surface area contributed by atoms with Crippen LogP contribution in [0.1, 0.15) is 53.4 Å². The Bertz CT molecular complexity index is 1150. The van der Waals surface area contributed by atoms with Crippen molar-refractivity contribution >= 4 is 6.09 Å². The van der Waals surface area contributed by atoms with E-state index in [1.807, 2.05) is 27.7 Å². The van der Waals surface area contributed by atoms with Gasteiger partial charge in [-0.15, -0.1) is 0 Å². The molecule has 0 spiro atoms. The molecule has 2 heterocycles. The first kappa shape index (κ1) is 24.6. The number of amides is 1. The predicted molar refractivity (Wildman–Crippen MR) is 130 cm³/mol. The first-order chi connectivity index (χ1) is 16.7. The molecule has 1 aromatic carbocycles. The molecule has 1 N–H and O–H groups in total. The SMILES string of the molecule is CC(Oc1cncnc1-c1cnn(-c2ccccc2F)c1)C1CCC(NC(=O)OC(C)(C)C)CC1. The molecule has 0 bridgehead atoms. The predicted octanol–water partition coefficient (Wildman–Crippen LogP) is 5.32. The van der Waals surface area contributed by atoms with Crippen molar-refractivity contribution < 1.29 is 18.7 Å². The maximum absolute atomic E-state index is 14.2. The standard InChI is InChI=1S/C26H32FN5O3/c1-17(18-9-11-20(12-10-18)31-25(33)35-26(2,3)4)34-23-14-28-16-29-24(23)19-13-30-32(15-19)22-8-6-5-7-21(22)27/h5-8,13-18,20H,9-12H2,1-4H3,(H,31,33). The molecule has 2 aromatic heterocycles. The monoisotopic (exact) mass is 481 g/mol. The molecule has 186 valence electrons. The van der Waals surface area contributed by atoms with Gasteiger partial charge in [0.15, 0.2) is 5.75 Å². The Hall–Kier alpha value is -3.49. The number of hydrogen-bond acceptors (Lipinski definition) is 6. The van der Waals surface area contributed by atoms with E-state index in [1.54, 1.807) is 36.8 Å². The molecule has 8 nitrogen and oxygen atoms in total. The van der Waals surface area contributed by atoms with Gasteiger partial charge in [-0.1, -0.05) is 12.1 Å². The number of nitrogens with one attached hydrogen (secondary N) is 1. The Morgan fingerprint density at radius 3 is 2.63 bits per heavy atom. The van der Waals surface area contributed by atoms with Crippen LogP contribution in [0.3, 0.4) is 0 Å². The molecule has 4 rings (SSSR count). The molecule has 9 heteroatoms. The van der Waals surface area contributed by atoms with Crippen LogP contribution in [0.2, 0.25) is 0 Å². The Morgan fingerprint density at radius 2 is 1.91 bits per heavy atom. The van der Waals surface area contributed by atoms with E-state index in [-0.39, 0.29) is 24.1 Å². The highest BCUT2D eigenvalue weighted by Gasteiger charge is 2.29. The zero-order valence-electron chi connectivity index (χ0n) is 20.6. The lowest BCUT2D eigenvalue weighted by atomic mass is 9.83. The zero-order valence-corrected chi connectivity index (χ0v) is 20.6. The average molecular weight is 482 g/mol. The van der Waals surface area contributed by atoms with Crippen molar-refractivity contribution in [3.63, 3.8) is 0 Å². The normalized spacial score (nSPS) is 19.1. The maximum atomic E-state index is 14.2. The molecule has 0 saturated heterocycles. The minimum atomic E-state index is -0.509. The second kappa shape index (κ2) is 10.4. The molecular formula is C26H32FN5O3. The molecule has 1 saturated carbocycles. The molecule has 0 aliphatic heterocycles. The van der Waals surface area contributed by atoms with Crippen LogP contribution in [0, 0.1) is 11.7 Å². The smallest absolute Gasteiger partial charge is 0.407 e. The molecule has 3 aromatic rings. The molecule has 1 unspecified atom stereocenters. The van der Waals surface area contributed by atoms with Gasteiger partial charge in [0.05, 0.1) is 18.5 Å². The van der Waals surface area contributed by atoms with Gasteiger partial charge in [0.1, 0.15) is 29.1 Å². The Balaban J connectivity index is 1.38. The van der Waals surface area contributed by atoms with Gasteiger partial charge in [-0.25, -0.2) is 23.8 Å². The topological polar surface area (TPSA) is 91.2 Å². The lowest BCUT2D eigenvalue weighted by Gasteiger charge is -2.33. The van der Waals surface area contributed by atoms with Crippen molar-refractivity contribution in [2.45, 2.75) is 71.1 Å². The van der Waals surface area contributed by atoms with Crippen molar-refractivity contribution in [3.8, 4) is 22.7 Å². The molecular weight excluding hydrogens is 449 g/mol. The Labute approximate surface area is 204 Å². The molecule has 1 fully saturated rings. The van der Waals surface area contributed by atoms with Gasteiger partial charge in [-0.2, -0.15) is 5.10 Å². The van der Waals surface area contributed by atoms with Gasteiger partial charge >= 0.3 is 6.09 Å². The van der Waals surface area contributed by atoms with Gasteiger partial charge in [-0.05, 0) is 71.4 Å². The van der Waals surface area contributed by atoms with E-state index in [9.17, 15) is 9.18 Å². The average Bonchev–Trinajstić information content (AvgIpc) is 3.29. The third-order valence-corrected chi connectivity index (χ3v) is 6.10. The zero-order chi connectivity index (χ0) is 25.0. The number of carbonyl (C=O) groups excluding carboxylic acids is 1. The molecule has 1 aliphatic rings. The first-order valence-electron chi connectivity index (χ1n) is 12.0. The molecule has 0 radical (unpaired) electrons. The summed E-state index contributed by atoms with van der Waals surface area (Å²) in [5.41, 5.74) is 1.17. The van der Waals surface area contributed by atoms with Crippen molar-refractivity contribution in [3.05, 3.63) is 55.0 Å². The summed E-state index contributed by atoms with van der Waals surface area (Å²) in [4.78, 5) is 20.6. The van der Waals surface area contributed by atoms with E-state index < -0.39 is 5.60 Å². The van der Waals surface area contributed by atoms with E-state index >= 15 is 0 Å². The molecule has 1 atom stereocenters. The summed E-state index contributed by atoms with van der Waals surface area (Å²) in [6.45, 7) is 7.62. The number of halogens is 1. The summed E-state index contributed by atoms with van der Waals surface area (Å²) in [5.74, 6) is 0.537. The maximum Gasteiger partial charge on any atom is 0.407 e. The number of hydrogen-bond donors (Lipinski definition) is 1. The van der Waals surface area contributed by atoms with Crippen LogP contribution in [0.4, 0.5) is 9.18 Å². The van der Waals surface area contributed by atoms with Gasteiger partial charge in [0.2, 0.25) is 0 Å². The van der Waals surface area contributed by atoms with Crippen molar-refractivity contribution in [1.82, 2.24) is 25.1 Å². The number of benzene rings is 1. The van der Waals surface area contributed by atoms with Crippen LogP contribution in [0.25, 0.3) is 16.9 Å². The van der Waals surface area contributed by atoms with Crippen molar-refractivity contribution in [1.29, 1.82) is 0 Å². The molecule has 1 amide bonds. The summed E-state index contributed by atoms with van der Waals surface area (Å²) in [6.07, 6.45) is 9.62. The summed E-state index contributed by atoms with van der Waals surface area (Å²) >= 11 is 0. The van der Waals surface area contributed by atoms with Gasteiger partial charge in [0.25, 0.3) is 0 Å². The Morgan fingerprint density at radius 1 is 1.17 bits per heavy atom. The first-order valence-corrected chi connectivity index (χ1v) is 12.0. The summed E-state index contributed by atoms with van der Waals surface area (Å²) in [6, 6.07) is 6.57. The summed E-state index contributed by atoms with van der Waals surface area (Å²) in [5, 5.41) is 7.28. The highest BCUT2D eigenvalue weighted by Crippen LogP contribution is 2.33. The number of aromatic nitrogens is 4. The molecule has 35 heavy (non-hydrogen) atoms. The summed E-state index contributed by atoms with van der Waals surface area (Å²) < 4.78 is 27.3. The fourth-order valence-corrected chi connectivity index (χ4v) is 4.34. The van der Waals surface area contributed by atoms with Crippen molar-refractivity contribution in [2.24, 2.45) is 5.92 Å². The third kappa shape index (κ3) is 6.35. The van der Waals surface area contributed by atoms with E-state index in [2.05, 4.69) is 20.4 Å². The third-order valence-electron chi connectivity index (χ3n) is 6.10. The number of alkyl carbamates (subject to hydrolysis) is 1. The highest BCUT2D eigenvalue weighted by atomic mass is 19.1. The van der Waals surface area contributed by atoms with Crippen LogP contribution in [0.5, 0.6) is 5.75 Å². The second-order valence-corrected chi connectivity index (χ2v) is 9.94. The fraction of sp³-hybridized carbons (Fsp3) is 0.462. The van der Waals surface area contributed by atoms with E-state index in [0.717, 1.165) is 25.7 Å². The van der Waals surface area contributed by atoms with Crippen molar-refractivity contribution in [2.75, 3.05) is 0 Å². The van der Waals surface area contributed by atoms with E-state index in [4.69, 9.17) is 9.47 Å². The quantitative estimate of drug-likeness (QED) is 0.512. The number of nitrogens with zero attached hydrogens (tertiary/aromatic N) is 4. The summed E-state index contributed by atoms with van der Waals surface area (Å²) in [7, 11) is 0. The van der Waals surface area contributed by atoms with E-state index in [1.165, 1.54) is 17.1 Å². The van der Waals surface area contributed by atoms with E-state index in [0.29, 0.717) is 28.6 Å². The van der Waals surface area contributed by atoms with Crippen LogP contribution in [-0.4, -0.2) is 43.6 Å². The number of carbonyl (C=O) groups is 1. The second-order valence-electron chi connectivity index (χ2n) is 9.94. The van der Waals surface area contributed by atoms with Crippen LogP contribution in [-0.2, 0) is 4.74 Å². The van der Waals surface area contributed by atoms with Crippen LogP contribution < -0.4 is 10.1 Å². The lowest BCUT2D eigenvalue weighted by molar-refractivity contribution is 0.0471.